The maximum absolute atomic E-state index is 14.6. The Balaban J connectivity index is 1.54. The highest BCUT2D eigenvalue weighted by atomic mass is 19.4. The Hall–Kier alpha value is -4.54. The summed E-state index contributed by atoms with van der Waals surface area (Å²) in [6, 6.07) is 14.5. The van der Waals surface area contributed by atoms with Gasteiger partial charge in [-0.25, -0.2) is 18.7 Å². The molecule has 2 aromatic heterocycles. The van der Waals surface area contributed by atoms with Crippen LogP contribution < -0.4 is 16.4 Å². The van der Waals surface area contributed by atoms with E-state index in [1.807, 2.05) is 30.4 Å². The predicted octanol–water partition coefficient (Wildman–Crippen LogP) is 6.20. The number of rotatable bonds is 7. The SMILES string of the molecule is Cc1cc(-c2ccc(CNc3ncc(C(F)(F)F)cc3C(=O)NC(F)c3ccccc3F)cc2)cnc1N. The zero-order valence-corrected chi connectivity index (χ0v) is 20.0. The zero-order chi connectivity index (χ0) is 27.4. The zero-order valence-electron chi connectivity index (χ0n) is 20.0. The van der Waals surface area contributed by atoms with Crippen LogP contribution >= 0.6 is 0 Å². The van der Waals surface area contributed by atoms with E-state index < -0.39 is 40.9 Å². The molecule has 1 unspecified atom stereocenters. The molecule has 0 aliphatic rings. The van der Waals surface area contributed by atoms with Crippen molar-refractivity contribution < 1.29 is 26.7 Å². The molecule has 2 aromatic carbocycles. The summed E-state index contributed by atoms with van der Waals surface area (Å²) in [4.78, 5) is 20.7. The second-order valence-electron chi connectivity index (χ2n) is 8.45. The lowest BCUT2D eigenvalue weighted by Gasteiger charge is -2.16. The maximum Gasteiger partial charge on any atom is 0.417 e. The molecule has 2 heterocycles. The number of nitrogens with two attached hydrogens (primary N) is 1. The number of carbonyl (C=O) groups excluding carboxylic acids is 1. The first-order valence-corrected chi connectivity index (χ1v) is 11.3. The molecule has 1 atom stereocenters. The highest BCUT2D eigenvalue weighted by molar-refractivity contribution is 5.99. The summed E-state index contributed by atoms with van der Waals surface area (Å²) < 4.78 is 68.4. The third-order valence-corrected chi connectivity index (χ3v) is 5.76. The first-order valence-electron chi connectivity index (χ1n) is 11.3. The number of aromatic nitrogens is 2. The number of aryl methyl sites for hydroxylation is 1. The molecule has 0 aliphatic carbocycles. The van der Waals surface area contributed by atoms with Gasteiger partial charge < -0.3 is 16.4 Å². The molecule has 0 saturated carbocycles. The molecule has 0 fully saturated rings. The van der Waals surface area contributed by atoms with Gasteiger partial charge >= 0.3 is 6.18 Å². The van der Waals surface area contributed by atoms with Crippen LogP contribution in [0.4, 0.5) is 33.6 Å². The number of anilines is 2. The normalized spacial score (nSPS) is 12.2. The number of carbonyl (C=O) groups is 1. The first-order chi connectivity index (χ1) is 18.0. The molecule has 4 N–H and O–H groups in total. The molecule has 1 amide bonds. The second-order valence-corrected chi connectivity index (χ2v) is 8.45. The maximum atomic E-state index is 14.6. The predicted molar refractivity (Wildman–Crippen MR) is 133 cm³/mol. The largest absolute Gasteiger partial charge is 0.417 e. The fourth-order valence-corrected chi connectivity index (χ4v) is 3.63. The van der Waals surface area contributed by atoms with E-state index >= 15 is 0 Å². The van der Waals surface area contributed by atoms with E-state index in [0.29, 0.717) is 18.1 Å². The van der Waals surface area contributed by atoms with E-state index in [4.69, 9.17) is 5.73 Å². The fourth-order valence-electron chi connectivity index (χ4n) is 3.63. The summed E-state index contributed by atoms with van der Waals surface area (Å²) in [6.07, 6.45) is -4.86. The minimum absolute atomic E-state index is 0.101. The number of alkyl halides is 4. The van der Waals surface area contributed by atoms with E-state index in [2.05, 4.69) is 15.3 Å². The van der Waals surface area contributed by atoms with E-state index in [0.717, 1.165) is 34.4 Å². The smallest absolute Gasteiger partial charge is 0.383 e. The molecule has 11 heteroatoms. The minimum Gasteiger partial charge on any atom is -0.383 e. The van der Waals surface area contributed by atoms with Crippen molar-refractivity contribution in [1.29, 1.82) is 0 Å². The molecule has 6 nitrogen and oxygen atoms in total. The van der Waals surface area contributed by atoms with Gasteiger partial charge in [0.25, 0.3) is 5.91 Å². The highest BCUT2D eigenvalue weighted by Gasteiger charge is 2.33. The van der Waals surface area contributed by atoms with Gasteiger partial charge in [0.1, 0.15) is 17.5 Å². The van der Waals surface area contributed by atoms with Crippen molar-refractivity contribution in [3.63, 3.8) is 0 Å². The summed E-state index contributed by atoms with van der Waals surface area (Å²) in [5, 5.41) is 4.72. The van der Waals surface area contributed by atoms with Gasteiger partial charge in [-0.05, 0) is 41.8 Å². The van der Waals surface area contributed by atoms with Gasteiger partial charge in [-0.2, -0.15) is 13.2 Å². The Morgan fingerprint density at radius 3 is 2.37 bits per heavy atom. The standard InChI is InChI=1S/C27H22F5N5O/c1-15-10-18(13-34-24(15)33)17-8-6-16(7-9-17)12-35-25-21(11-19(14-36-25)27(30,31)32)26(38)37-23(29)20-4-2-3-5-22(20)28/h2-11,13-14,23H,12H2,1H3,(H2,33,34)(H,35,36)(H,37,38). The van der Waals surface area contributed by atoms with Crippen LogP contribution in [0, 0.1) is 12.7 Å². The number of nitrogen functional groups attached to an aromatic ring is 1. The number of benzene rings is 2. The van der Waals surface area contributed by atoms with Crippen LogP contribution in [0.1, 0.15) is 38.9 Å². The van der Waals surface area contributed by atoms with Gasteiger partial charge in [0.15, 0.2) is 0 Å². The van der Waals surface area contributed by atoms with Gasteiger partial charge in [-0.1, -0.05) is 42.5 Å². The van der Waals surface area contributed by atoms with Crippen LogP contribution in [0.2, 0.25) is 0 Å². The molecule has 38 heavy (non-hydrogen) atoms. The number of nitrogens with one attached hydrogen (secondary N) is 2. The number of pyridine rings is 2. The molecule has 0 radical (unpaired) electrons. The number of hydrogen-bond donors (Lipinski definition) is 3. The highest BCUT2D eigenvalue weighted by Crippen LogP contribution is 2.31. The summed E-state index contributed by atoms with van der Waals surface area (Å²) >= 11 is 0. The van der Waals surface area contributed by atoms with E-state index in [-0.39, 0.29) is 12.4 Å². The van der Waals surface area contributed by atoms with Crippen LogP contribution in [0.25, 0.3) is 11.1 Å². The van der Waals surface area contributed by atoms with E-state index in [9.17, 15) is 26.7 Å². The third kappa shape index (κ3) is 6.05. The Morgan fingerprint density at radius 1 is 1.00 bits per heavy atom. The quantitative estimate of drug-likeness (QED) is 0.197. The average molecular weight is 527 g/mol. The molecule has 4 aromatic rings. The number of hydrogen-bond acceptors (Lipinski definition) is 5. The first kappa shape index (κ1) is 26.5. The van der Waals surface area contributed by atoms with Crippen molar-refractivity contribution in [2.75, 3.05) is 11.1 Å². The van der Waals surface area contributed by atoms with Crippen molar-refractivity contribution in [3.8, 4) is 11.1 Å². The van der Waals surface area contributed by atoms with Gasteiger partial charge in [-0.3, -0.25) is 4.79 Å². The van der Waals surface area contributed by atoms with Crippen molar-refractivity contribution in [2.24, 2.45) is 0 Å². The molecular weight excluding hydrogens is 505 g/mol. The molecule has 4 rings (SSSR count). The number of nitrogens with zero attached hydrogens (tertiary/aromatic N) is 2. The Bertz CT molecular complexity index is 1460. The molecule has 0 aliphatic heterocycles. The van der Waals surface area contributed by atoms with Gasteiger partial charge in [0.05, 0.1) is 11.1 Å². The van der Waals surface area contributed by atoms with Gasteiger partial charge in [0, 0.05) is 30.1 Å². The van der Waals surface area contributed by atoms with Crippen LogP contribution in [0.15, 0.2) is 73.1 Å². The lowest BCUT2D eigenvalue weighted by molar-refractivity contribution is -0.137. The molecule has 0 bridgehead atoms. The Morgan fingerprint density at radius 2 is 1.71 bits per heavy atom. The van der Waals surface area contributed by atoms with Gasteiger partial charge in [0.2, 0.25) is 6.30 Å². The summed E-state index contributed by atoms with van der Waals surface area (Å²) in [5.74, 6) is -1.86. The molecule has 196 valence electrons. The van der Waals surface area contributed by atoms with Crippen molar-refractivity contribution >= 4 is 17.5 Å². The average Bonchev–Trinajstić information content (AvgIpc) is 2.89. The minimum atomic E-state index is -4.79. The van der Waals surface area contributed by atoms with Crippen LogP contribution in [-0.4, -0.2) is 15.9 Å². The molecule has 0 saturated heterocycles. The van der Waals surface area contributed by atoms with E-state index in [1.165, 1.54) is 12.1 Å². The second kappa shape index (κ2) is 10.8. The monoisotopic (exact) mass is 527 g/mol. The van der Waals surface area contributed by atoms with Crippen LogP contribution in [0.3, 0.4) is 0 Å². The van der Waals surface area contributed by atoms with Crippen molar-refractivity contribution in [1.82, 2.24) is 15.3 Å². The van der Waals surface area contributed by atoms with Crippen LogP contribution in [0.5, 0.6) is 0 Å². The van der Waals surface area contributed by atoms with Crippen molar-refractivity contribution in [2.45, 2.75) is 25.9 Å². The Labute approximate surface area is 214 Å². The summed E-state index contributed by atoms with van der Waals surface area (Å²) in [7, 11) is 0. The van der Waals surface area contributed by atoms with E-state index in [1.54, 1.807) is 18.3 Å². The summed E-state index contributed by atoms with van der Waals surface area (Å²) in [5.41, 5.74) is 6.87. The Kier molecular flexibility index (Phi) is 7.56. The third-order valence-electron chi connectivity index (χ3n) is 5.76. The number of amides is 1. The van der Waals surface area contributed by atoms with Crippen molar-refractivity contribution in [3.05, 3.63) is 107 Å². The lowest BCUT2D eigenvalue weighted by Crippen LogP contribution is -2.28. The lowest BCUT2D eigenvalue weighted by atomic mass is 10.0. The van der Waals surface area contributed by atoms with Crippen LogP contribution in [-0.2, 0) is 12.7 Å². The molecular formula is C27H22F5N5O. The summed E-state index contributed by atoms with van der Waals surface area (Å²) in [6.45, 7) is 1.95. The van der Waals surface area contributed by atoms with Gasteiger partial charge in [-0.15, -0.1) is 0 Å². The fraction of sp³-hybridized carbons (Fsp3) is 0.148. The molecule has 0 spiro atoms. The number of halogens is 5. The topological polar surface area (TPSA) is 92.9 Å².